The Labute approximate surface area is 551 Å². The van der Waals surface area contributed by atoms with Gasteiger partial charge in [-0.15, -0.1) is 0 Å². The molecule has 1 saturated heterocycles. The Morgan fingerprint density at radius 1 is 0.467 bits per heavy atom. The number of hydrogen-bond donors (Lipinski definition) is 5. The van der Waals surface area contributed by atoms with Crippen LogP contribution in [0.15, 0.2) is 12.2 Å². The quantitative estimate of drug-likeness (QED) is 0.0865. The highest BCUT2D eigenvalue weighted by Crippen LogP contribution is 2.26. The molecular formula is C67H122N12O13. The summed E-state index contributed by atoms with van der Waals surface area (Å²) in [4.78, 5) is 174. The average molecular weight is 1300 g/mol. The summed E-state index contributed by atoms with van der Waals surface area (Å²) in [5.41, 5.74) is 0. The van der Waals surface area contributed by atoms with Crippen LogP contribution in [0.3, 0.4) is 0 Å². The molecule has 1 aliphatic rings. The van der Waals surface area contributed by atoms with Gasteiger partial charge in [0, 0.05) is 55.9 Å². The third kappa shape index (κ3) is 24.0. The number of carbonyl (C=O) groups is 11. The Morgan fingerprint density at radius 3 is 1.32 bits per heavy atom. The molecule has 0 bridgehead atoms. The van der Waals surface area contributed by atoms with Crippen LogP contribution in [0.25, 0.3) is 0 Å². The smallest absolute Gasteiger partial charge is 0.248 e. The number of rotatable bonds is 20. The fourth-order valence-electron chi connectivity index (χ4n) is 11.4. The molecule has 1 rings (SSSR count). The van der Waals surface area contributed by atoms with Gasteiger partial charge in [0.1, 0.15) is 66.5 Å². The van der Waals surface area contributed by atoms with Crippen molar-refractivity contribution in [2.45, 2.75) is 229 Å². The van der Waals surface area contributed by atoms with Crippen molar-refractivity contribution in [3.63, 3.8) is 0 Å². The maximum Gasteiger partial charge on any atom is 0.248 e. The maximum absolute atomic E-state index is 15.3. The van der Waals surface area contributed by atoms with Crippen molar-refractivity contribution < 1.29 is 62.6 Å². The number of hydrogen-bond acceptors (Lipinski definition) is 14. The number of ether oxygens (including phenoxy) is 1. The summed E-state index contributed by atoms with van der Waals surface area (Å²) >= 11 is 0. The van der Waals surface area contributed by atoms with E-state index in [-0.39, 0.29) is 69.0 Å². The number of allylic oxidation sites excluding steroid dienone is 2. The lowest BCUT2D eigenvalue weighted by Crippen LogP contribution is -2.64. The molecule has 1 fully saturated rings. The van der Waals surface area contributed by atoms with Gasteiger partial charge in [0.25, 0.3) is 0 Å². The molecule has 0 saturated carbocycles. The average Bonchev–Trinajstić information content (AvgIpc) is 0.861. The fourth-order valence-corrected chi connectivity index (χ4v) is 11.4. The number of nitrogens with zero attached hydrogens (tertiary/aromatic N) is 8. The van der Waals surface area contributed by atoms with E-state index in [1.165, 1.54) is 87.7 Å². The SMILES string of the molecule is C/C=C/C[C@@H](C)[C@@H](O)[C@H]1C(=O)N[C@@H](CC)C(=O)N(C)[C@H](COCCN(C)C)C(=O)N(C)[C@@H](CC(C)C)C(=O)N[C@@H](C(C)C)C(=O)N(C)[C@@H](CC(C)C)C(=O)N[C@@H](C)C(=O)N[C@@H](C)C(=O)N(C)[C@@H](CC(C)C)C(=O)N(C)[C@@H](CC(C)C)C(=O)N(C)[C@@H](C(C)C)C(=O)N1C. The summed E-state index contributed by atoms with van der Waals surface area (Å²) in [5, 5.41) is 23.4. The molecule has 11 amide bonds. The fraction of sp³-hybridized carbons (Fsp3) is 0.806. The Kier molecular flexibility index (Phi) is 35.4. The molecule has 528 valence electrons. The number of aliphatic hydroxyl groups is 1. The van der Waals surface area contributed by atoms with Crippen molar-refractivity contribution >= 4 is 65.0 Å². The number of carbonyl (C=O) groups excluding carboxylic acids is 11. The van der Waals surface area contributed by atoms with E-state index < -0.39 is 155 Å². The van der Waals surface area contributed by atoms with Gasteiger partial charge in [0.2, 0.25) is 65.0 Å². The largest absolute Gasteiger partial charge is 0.390 e. The standard InChI is InChI=1S/C67H122N12O13/c1-27-29-30-44(15)56(80)55-60(84)70-47(28-2)62(86)77(24)52(37-92-32-31-72(18)19)65(89)73(20)49(34-39(5)6)59(83)71-53(42(11)12)66(90)74(21)48(33-38(3)4)58(82)68-45(16)57(81)69-46(17)61(85)75(22)50(35-40(7)8)63(87)76(23)51(36-41(9)10)64(88)78(25)54(43(13)14)67(91)79(55)26/h27,29,38-56,80H,28,30-37H2,1-26H3,(H,68,82)(H,69,81)(H,70,84)(H,71,83)/b29-27+/t44-,45+,46+,47+,48+,49+,50+,51+,52-,53+,54+,55+,56-/m1/s1. The molecule has 0 aromatic rings. The number of nitrogens with one attached hydrogen (secondary N) is 4. The molecule has 92 heavy (non-hydrogen) atoms. The Balaban J connectivity index is 4.53. The highest BCUT2D eigenvalue weighted by atomic mass is 16.5. The predicted molar refractivity (Wildman–Crippen MR) is 357 cm³/mol. The van der Waals surface area contributed by atoms with Crippen LogP contribution >= 0.6 is 0 Å². The van der Waals surface area contributed by atoms with Crippen LogP contribution in [0, 0.1) is 41.4 Å². The Hall–Kier alpha value is -6.21. The topological polar surface area (TPSA) is 291 Å². The van der Waals surface area contributed by atoms with Gasteiger partial charge in [-0.25, -0.2) is 0 Å². The summed E-state index contributed by atoms with van der Waals surface area (Å²) in [6.45, 7) is 30.1. The van der Waals surface area contributed by atoms with Crippen LogP contribution in [0.1, 0.15) is 156 Å². The normalized spacial score (nSPS) is 26.7. The van der Waals surface area contributed by atoms with E-state index in [9.17, 15) is 29.1 Å². The van der Waals surface area contributed by atoms with Crippen LogP contribution in [0.4, 0.5) is 0 Å². The zero-order valence-corrected chi connectivity index (χ0v) is 60.9. The molecule has 0 aromatic heterocycles. The molecule has 0 radical (unpaired) electrons. The first-order chi connectivity index (χ1) is 42.5. The zero-order chi connectivity index (χ0) is 71.3. The molecule has 0 aromatic carbocycles. The van der Waals surface area contributed by atoms with Gasteiger partial charge in [-0.2, -0.15) is 0 Å². The van der Waals surface area contributed by atoms with E-state index >= 15 is 28.8 Å². The van der Waals surface area contributed by atoms with E-state index in [0.29, 0.717) is 13.0 Å². The van der Waals surface area contributed by atoms with E-state index in [1.807, 2.05) is 80.5 Å². The number of amides is 11. The monoisotopic (exact) mass is 1300 g/mol. The van der Waals surface area contributed by atoms with Crippen molar-refractivity contribution in [3.8, 4) is 0 Å². The van der Waals surface area contributed by atoms with Crippen molar-refractivity contribution in [2.24, 2.45) is 41.4 Å². The molecule has 25 nitrogen and oxygen atoms in total. The minimum Gasteiger partial charge on any atom is -0.390 e. The summed E-state index contributed by atoms with van der Waals surface area (Å²) in [7, 11) is 13.6. The van der Waals surface area contributed by atoms with Gasteiger partial charge in [0.15, 0.2) is 0 Å². The predicted octanol–water partition coefficient (Wildman–Crippen LogP) is 3.22. The molecule has 1 heterocycles. The lowest BCUT2D eigenvalue weighted by Gasteiger charge is -2.41. The number of likely N-dealkylation sites (N-methyl/N-ethyl adjacent to an activating group) is 8. The van der Waals surface area contributed by atoms with Crippen LogP contribution in [0.2, 0.25) is 0 Å². The molecule has 1 aliphatic heterocycles. The van der Waals surface area contributed by atoms with E-state index in [0.717, 1.165) is 9.80 Å². The molecule has 13 atom stereocenters. The Bertz CT molecular complexity index is 2490. The van der Waals surface area contributed by atoms with Gasteiger partial charge in [-0.05, 0) is 115 Å². The van der Waals surface area contributed by atoms with Crippen molar-refractivity contribution in [3.05, 3.63) is 12.2 Å². The first-order valence-corrected chi connectivity index (χ1v) is 33.1. The molecule has 0 aliphatic carbocycles. The third-order valence-electron chi connectivity index (χ3n) is 17.3. The van der Waals surface area contributed by atoms with Crippen LogP contribution in [-0.4, -0.2) is 265 Å². The molecule has 0 spiro atoms. The van der Waals surface area contributed by atoms with Crippen molar-refractivity contribution in [1.29, 1.82) is 0 Å². The van der Waals surface area contributed by atoms with Crippen LogP contribution in [-0.2, 0) is 57.5 Å². The van der Waals surface area contributed by atoms with E-state index in [1.54, 1.807) is 54.5 Å². The number of aliphatic hydroxyl groups excluding tert-OH is 1. The van der Waals surface area contributed by atoms with E-state index in [2.05, 4.69) is 21.3 Å². The van der Waals surface area contributed by atoms with Gasteiger partial charge >= 0.3 is 0 Å². The van der Waals surface area contributed by atoms with Gasteiger partial charge in [-0.3, -0.25) is 52.7 Å². The van der Waals surface area contributed by atoms with Crippen LogP contribution < -0.4 is 21.3 Å². The van der Waals surface area contributed by atoms with Crippen LogP contribution in [0.5, 0.6) is 0 Å². The third-order valence-corrected chi connectivity index (χ3v) is 17.3. The van der Waals surface area contributed by atoms with Gasteiger partial charge in [-0.1, -0.05) is 109 Å². The molecular weight excluding hydrogens is 1180 g/mol. The van der Waals surface area contributed by atoms with Gasteiger partial charge in [0.05, 0.1) is 19.3 Å². The lowest BCUT2D eigenvalue weighted by atomic mass is 9.91. The first-order valence-electron chi connectivity index (χ1n) is 33.1. The summed E-state index contributed by atoms with van der Waals surface area (Å²) in [5.74, 6) is -10.1. The summed E-state index contributed by atoms with van der Waals surface area (Å²) in [6.07, 6.45) is 2.86. The second-order valence-electron chi connectivity index (χ2n) is 28.2. The van der Waals surface area contributed by atoms with Gasteiger partial charge < -0.3 is 70.3 Å². The van der Waals surface area contributed by atoms with Crippen molar-refractivity contribution in [2.75, 3.05) is 83.2 Å². The second-order valence-corrected chi connectivity index (χ2v) is 28.2. The molecule has 0 unspecified atom stereocenters. The maximum atomic E-state index is 15.3. The first kappa shape index (κ1) is 83.8. The zero-order valence-electron chi connectivity index (χ0n) is 60.9. The lowest BCUT2D eigenvalue weighted by molar-refractivity contribution is -0.157. The highest BCUT2D eigenvalue weighted by Gasteiger charge is 2.46. The Morgan fingerprint density at radius 2 is 0.870 bits per heavy atom. The summed E-state index contributed by atoms with van der Waals surface area (Å²) in [6, 6.07) is -14.1. The highest BCUT2D eigenvalue weighted by molar-refractivity contribution is 6.00. The second kappa shape index (κ2) is 38.8. The minimum atomic E-state index is -1.65. The molecule has 25 heteroatoms. The minimum absolute atomic E-state index is 0.0245. The van der Waals surface area contributed by atoms with Crippen molar-refractivity contribution in [1.82, 2.24) is 60.5 Å². The summed E-state index contributed by atoms with van der Waals surface area (Å²) < 4.78 is 6.08. The van der Waals surface area contributed by atoms with E-state index in [4.69, 9.17) is 4.74 Å². The molecule has 5 N–H and O–H groups in total.